The number of nitro benzene ring substituents is 1. The van der Waals surface area contributed by atoms with Crippen molar-refractivity contribution in [2.75, 3.05) is 18.0 Å². The zero-order chi connectivity index (χ0) is 15.6. The second kappa shape index (κ2) is 6.21. The fraction of sp³-hybridized carbons (Fsp3) is 0.462. The highest BCUT2D eigenvalue weighted by molar-refractivity contribution is 8.00. The first-order valence-corrected chi connectivity index (χ1v) is 7.53. The third-order valence-electron chi connectivity index (χ3n) is 3.33. The van der Waals surface area contributed by atoms with Crippen molar-refractivity contribution >= 4 is 29.0 Å². The van der Waals surface area contributed by atoms with Crippen LogP contribution in [0.3, 0.4) is 0 Å². The maximum Gasteiger partial charge on any atom is 0.270 e. The first-order valence-electron chi connectivity index (χ1n) is 6.59. The Hall–Kier alpha value is -1.96. The molecule has 0 radical (unpaired) electrons. The quantitative estimate of drug-likeness (QED) is 0.291. The number of non-ortho nitro benzene ring substituents is 1. The van der Waals surface area contributed by atoms with Crippen LogP contribution in [-0.4, -0.2) is 39.6 Å². The van der Waals surface area contributed by atoms with Crippen LogP contribution in [0.2, 0.25) is 0 Å². The Morgan fingerprint density at radius 2 is 2.10 bits per heavy atom. The number of thioether (sulfide) groups is 1. The molecule has 7 nitrogen and oxygen atoms in total. The van der Waals surface area contributed by atoms with Gasteiger partial charge in [0, 0.05) is 41.4 Å². The summed E-state index contributed by atoms with van der Waals surface area (Å²) in [5.41, 5.74) is 6.76. The van der Waals surface area contributed by atoms with Crippen LogP contribution in [-0.2, 0) is 0 Å². The molecule has 2 atom stereocenters. The lowest BCUT2D eigenvalue weighted by Crippen LogP contribution is -2.41. The highest BCUT2D eigenvalue weighted by Crippen LogP contribution is 2.32. The van der Waals surface area contributed by atoms with Gasteiger partial charge in [0.05, 0.1) is 10.5 Å². The molecule has 0 spiro atoms. The molecular weight excluding hydrogens is 292 g/mol. The minimum absolute atomic E-state index is 0.0761. The number of nitro groups is 1. The Labute approximate surface area is 126 Å². The molecule has 1 saturated heterocycles. The van der Waals surface area contributed by atoms with E-state index >= 15 is 0 Å². The molecule has 3 N–H and O–H groups in total. The van der Waals surface area contributed by atoms with Gasteiger partial charge in [0.2, 0.25) is 0 Å². The number of amidine groups is 1. The van der Waals surface area contributed by atoms with Gasteiger partial charge in [-0.1, -0.05) is 19.0 Å². The summed E-state index contributed by atoms with van der Waals surface area (Å²) in [6.07, 6.45) is 0. The third-order valence-corrected chi connectivity index (χ3v) is 4.56. The van der Waals surface area contributed by atoms with Crippen molar-refractivity contribution in [1.82, 2.24) is 0 Å². The van der Waals surface area contributed by atoms with E-state index in [0.717, 1.165) is 18.8 Å². The molecule has 1 aromatic carbocycles. The number of nitrogens with two attached hydrogens (primary N) is 1. The molecule has 1 aliphatic heterocycles. The number of hydrogen-bond donors (Lipinski definition) is 2. The molecule has 21 heavy (non-hydrogen) atoms. The molecule has 114 valence electrons. The van der Waals surface area contributed by atoms with Crippen molar-refractivity contribution in [3.05, 3.63) is 33.9 Å². The molecule has 0 amide bonds. The normalized spacial score (nSPS) is 23.1. The highest BCUT2D eigenvalue weighted by Gasteiger charge is 2.26. The molecule has 2 rings (SSSR count). The molecule has 0 aromatic heterocycles. The smallest absolute Gasteiger partial charge is 0.270 e. The Bertz CT molecular complexity index is 569. The molecule has 8 heteroatoms. The minimum atomic E-state index is -0.491. The fourth-order valence-electron chi connectivity index (χ4n) is 2.55. The van der Waals surface area contributed by atoms with Gasteiger partial charge in [-0.25, -0.2) is 0 Å². The molecule has 1 fully saturated rings. The summed E-state index contributed by atoms with van der Waals surface area (Å²) >= 11 is 1.91. The van der Waals surface area contributed by atoms with Gasteiger partial charge in [-0.3, -0.25) is 10.1 Å². The summed E-state index contributed by atoms with van der Waals surface area (Å²) in [6.45, 7) is 5.92. The van der Waals surface area contributed by atoms with Crippen molar-refractivity contribution in [2.45, 2.75) is 24.3 Å². The number of anilines is 1. The van der Waals surface area contributed by atoms with Crippen molar-refractivity contribution in [2.24, 2.45) is 10.9 Å². The van der Waals surface area contributed by atoms with Crippen molar-refractivity contribution in [1.29, 1.82) is 0 Å². The van der Waals surface area contributed by atoms with Crippen LogP contribution < -0.4 is 10.6 Å². The zero-order valence-corrected chi connectivity index (χ0v) is 12.7. The first-order chi connectivity index (χ1) is 9.92. The van der Waals surface area contributed by atoms with Crippen molar-refractivity contribution in [3.63, 3.8) is 0 Å². The van der Waals surface area contributed by atoms with Crippen molar-refractivity contribution < 1.29 is 10.1 Å². The van der Waals surface area contributed by atoms with Gasteiger partial charge in [-0.2, -0.15) is 11.8 Å². The number of hydrogen-bond acceptors (Lipinski definition) is 6. The van der Waals surface area contributed by atoms with Gasteiger partial charge in [0.1, 0.15) is 0 Å². The Balaban J connectivity index is 2.44. The second-order valence-electron chi connectivity index (χ2n) is 5.11. The lowest BCUT2D eigenvalue weighted by molar-refractivity contribution is -0.384. The van der Waals surface area contributed by atoms with Crippen LogP contribution in [0, 0.1) is 10.1 Å². The van der Waals surface area contributed by atoms with E-state index < -0.39 is 4.92 Å². The van der Waals surface area contributed by atoms with Gasteiger partial charge in [-0.05, 0) is 6.07 Å². The standard InChI is InChI=1S/C13H18N4O3S/c1-8-6-16(7-9(2)21-8)12-4-3-10(17(19)20)5-11(12)13(14)15-18/h3-5,8-9,18H,6-7H2,1-2H3,(H2,14,15). The predicted molar refractivity (Wildman–Crippen MR) is 84.3 cm³/mol. The second-order valence-corrected chi connectivity index (χ2v) is 6.99. The molecule has 0 saturated carbocycles. The summed E-state index contributed by atoms with van der Waals surface area (Å²) in [6, 6.07) is 4.46. The fourth-order valence-corrected chi connectivity index (χ4v) is 3.87. The number of nitrogens with zero attached hydrogens (tertiary/aromatic N) is 3. The van der Waals surface area contributed by atoms with Crippen LogP contribution in [0.5, 0.6) is 0 Å². The van der Waals surface area contributed by atoms with Crippen LogP contribution >= 0.6 is 11.8 Å². The summed E-state index contributed by atoms with van der Waals surface area (Å²) < 4.78 is 0. The van der Waals surface area contributed by atoms with E-state index in [1.54, 1.807) is 6.07 Å². The highest BCUT2D eigenvalue weighted by atomic mass is 32.2. The van der Waals surface area contributed by atoms with Crippen LogP contribution in [0.15, 0.2) is 23.4 Å². The summed E-state index contributed by atoms with van der Waals surface area (Å²) in [5, 5.41) is 23.7. The van der Waals surface area contributed by atoms with E-state index in [1.807, 2.05) is 11.8 Å². The molecule has 0 bridgehead atoms. The topological polar surface area (TPSA) is 105 Å². The van der Waals surface area contributed by atoms with E-state index in [4.69, 9.17) is 10.9 Å². The number of benzene rings is 1. The lowest BCUT2D eigenvalue weighted by Gasteiger charge is -2.37. The molecule has 1 aromatic rings. The van der Waals surface area contributed by atoms with Gasteiger partial charge in [0.15, 0.2) is 5.84 Å². The minimum Gasteiger partial charge on any atom is -0.409 e. The largest absolute Gasteiger partial charge is 0.409 e. The van der Waals surface area contributed by atoms with E-state index in [9.17, 15) is 10.1 Å². The average Bonchev–Trinajstić information content (AvgIpc) is 2.44. The van der Waals surface area contributed by atoms with E-state index in [0.29, 0.717) is 16.1 Å². The maximum atomic E-state index is 10.9. The monoisotopic (exact) mass is 310 g/mol. The Morgan fingerprint density at radius 1 is 1.48 bits per heavy atom. The maximum absolute atomic E-state index is 10.9. The molecule has 0 aliphatic carbocycles. The number of oxime groups is 1. The van der Waals surface area contributed by atoms with Crippen LogP contribution in [0.25, 0.3) is 0 Å². The van der Waals surface area contributed by atoms with Gasteiger partial charge < -0.3 is 15.8 Å². The van der Waals surface area contributed by atoms with Crippen LogP contribution in [0.4, 0.5) is 11.4 Å². The van der Waals surface area contributed by atoms with E-state index in [2.05, 4.69) is 23.9 Å². The Kier molecular flexibility index (Phi) is 4.56. The summed E-state index contributed by atoms with van der Waals surface area (Å²) in [5.74, 6) is -0.118. The summed E-state index contributed by atoms with van der Waals surface area (Å²) in [7, 11) is 0. The lowest BCUT2D eigenvalue weighted by atomic mass is 10.1. The van der Waals surface area contributed by atoms with E-state index in [1.165, 1.54) is 12.1 Å². The van der Waals surface area contributed by atoms with Gasteiger partial charge in [-0.15, -0.1) is 0 Å². The van der Waals surface area contributed by atoms with E-state index in [-0.39, 0.29) is 11.5 Å². The first kappa shape index (κ1) is 15.4. The van der Waals surface area contributed by atoms with Gasteiger partial charge in [0.25, 0.3) is 5.69 Å². The molecule has 2 unspecified atom stereocenters. The number of rotatable bonds is 3. The predicted octanol–water partition coefficient (Wildman–Crippen LogP) is 2.02. The molecule has 1 heterocycles. The van der Waals surface area contributed by atoms with Crippen LogP contribution in [0.1, 0.15) is 19.4 Å². The van der Waals surface area contributed by atoms with Crippen molar-refractivity contribution in [3.8, 4) is 0 Å². The van der Waals surface area contributed by atoms with Gasteiger partial charge >= 0.3 is 0 Å². The summed E-state index contributed by atoms with van der Waals surface area (Å²) in [4.78, 5) is 12.5. The SMILES string of the molecule is CC1CN(c2ccc([N+](=O)[O-])cc2C(N)=NO)CC(C)S1. The molecule has 1 aliphatic rings. The third kappa shape index (κ3) is 3.38. The molecular formula is C13H18N4O3S. The Morgan fingerprint density at radius 3 is 2.62 bits per heavy atom. The average molecular weight is 310 g/mol. The zero-order valence-electron chi connectivity index (χ0n) is 11.9.